The summed E-state index contributed by atoms with van der Waals surface area (Å²) in [6.45, 7) is 3.04. The first kappa shape index (κ1) is 12.9. The van der Waals surface area contributed by atoms with Gasteiger partial charge in [0.25, 0.3) is 0 Å². The standard InChI is InChI=1S/C12H25NO2/c1-2-3-9-13-11(12(14)15)10-7-5-4-6-8-10/h10-15H,2-9H2,1H3/t11-/m0/s1. The summed E-state index contributed by atoms with van der Waals surface area (Å²) in [5.74, 6) is 0.454. The third-order valence-corrected chi connectivity index (χ3v) is 3.39. The highest BCUT2D eigenvalue weighted by Gasteiger charge is 2.27. The zero-order valence-corrected chi connectivity index (χ0v) is 9.78. The van der Waals surface area contributed by atoms with Crippen molar-refractivity contribution in [2.24, 2.45) is 5.92 Å². The molecule has 0 aromatic carbocycles. The zero-order valence-electron chi connectivity index (χ0n) is 9.78. The van der Waals surface area contributed by atoms with Gasteiger partial charge in [0.2, 0.25) is 0 Å². The van der Waals surface area contributed by atoms with Crippen molar-refractivity contribution in [1.82, 2.24) is 5.32 Å². The summed E-state index contributed by atoms with van der Waals surface area (Å²) in [6.07, 6.45) is 7.11. The first-order chi connectivity index (χ1) is 7.25. The van der Waals surface area contributed by atoms with Gasteiger partial charge in [-0.3, -0.25) is 0 Å². The van der Waals surface area contributed by atoms with Crippen LogP contribution in [0.4, 0.5) is 0 Å². The van der Waals surface area contributed by atoms with E-state index in [-0.39, 0.29) is 6.04 Å². The minimum atomic E-state index is -1.20. The van der Waals surface area contributed by atoms with Gasteiger partial charge in [0, 0.05) is 0 Å². The van der Waals surface area contributed by atoms with E-state index >= 15 is 0 Å². The van der Waals surface area contributed by atoms with Crippen LogP contribution in [0.15, 0.2) is 0 Å². The van der Waals surface area contributed by atoms with Gasteiger partial charge in [-0.2, -0.15) is 0 Å². The van der Waals surface area contributed by atoms with Gasteiger partial charge in [-0.25, -0.2) is 0 Å². The lowest BCUT2D eigenvalue weighted by Crippen LogP contribution is -2.46. The zero-order chi connectivity index (χ0) is 11.1. The smallest absolute Gasteiger partial charge is 0.167 e. The highest BCUT2D eigenvalue weighted by Crippen LogP contribution is 2.27. The molecule has 1 aliphatic carbocycles. The van der Waals surface area contributed by atoms with E-state index in [1.165, 1.54) is 19.3 Å². The normalized spacial score (nSPS) is 20.8. The maximum absolute atomic E-state index is 9.36. The van der Waals surface area contributed by atoms with Crippen LogP contribution in [0.1, 0.15) is 51.9 Å². The van der Waals surface area contributed by atoms with E-state index < -0.39 is 6.29 Å². The molecule has 0 aromatic rings. The largest absolute Gasteiger partial charge is 0.367 e. The Morgan fingerprint density at radius 2 is 1.87 bits per heavy atom. The van der Waals surface area contributed by atoms with Crippen molar-refractivity contribution in [1.29, 1.82) is 0 Å². The van der Waals surface area contributed by atoms with Gasteiger partial charge in [0.05, 0.1) is 6.04 Å². The molecule has 1 atom stereocenters. The third kappa shape index (κ3) is 4.49. The summed E-state index contributed by atoms with van der Waals surface area (Å²) < 4.78 is 0. The summed E-state index contributed by atoms with van der Waals surface area (Å²) in [5, 5.41) is 22.0. The van der Waals surface area contributed by atoms with E-state index in [9.17, 15) is 10.2 Å². The van der Waals surface area contributed by atoms with Crippen molar-refractivity contribution in [2.45, 2.75) is 64.2 Å². The predicted octanol–water partition coefficient (Wildman–Crippen LogP) is 1.64. The van der Waals surface area contributed by atoms with Gasteiger partial charge < -0.3 is 15.5 Å². The van der Waals surface area contributed by atoms with Crippen LogP contribution in [0.3, 0.4) is 0 Å². The van der Waals surface area contributed by atoms with E-state index in [0.29, 0.717) is 5.92 Å². The fourth-order valence-corrected chi connectivity index (χ4v) is 2.45. The second-order valence-corrected chi connectivity index (χ2v) is 4.65. The fraction of sp³-hybridized carbons (Fsp3) is 1.00. The van der Waals surface area contributed by atoms with Gasteiger partial charge in [0.15, 0.2) is 6.29 Å². The topological polar surface area (TPSA) is 52.5 Å². The molecule has 0 saturated heterocycles. The lowest BCUT2D eigenvalue weighted by molar-refractivity contribution is -0.0843. The molecule has 0 aliphatic heterocycles. The molecule has 15 heavy (non-hydrogen) atoms. The quantitative estimate of drug-likeness (QED) is 0.466. The summed E-state index contributed by atoms with van der Waals surface area (Å²) in [4.78, 5) is 0. The van der Waals surface area contributed by atoms with Crippen molar-refractivity contribution in [2.75, 3.05) is 6.54 Å². The summed E-state index contributed by atoms with van der Waals surface area (Å²) >= 11 is 0. The Morgan fingerprint density at radius 1 is 1.20 bits per heavy atom. The molecule has 1 aliphatic rings. The summed E-state index contributed by atoms with van der Waals surface area (Å²) in [6, 6.07) is -0.114. The molecule has 1 rings (SSSR count). The molecule has 3 N–H and O–H groups in total. The summed E-state index contributed by atoms with van der Waals surface area (Å²) in [7, 11) is 0. The molecule has 90 valence electrons. The molecule has 0 amide bonds. The van der Waals surface area contributed by atoms with E-state index in [1.54, 1.807) is 0 Å². The number of hydrogen-bond donors (Lipinski definition) is 3. The second kappa shape index (κ2) is 7.20. The van der Waals surface area contributed by atoms with Crippen molar-refractivity contribution >= 4 is 0 Å². The SMILES string of the molecule is CCCCN[C@H](C(O)O)C1CCCCC1. The highest BCUT2D eigenvalue weighted by atomic mass is 16.5. The van der Waals surface area contributed by atoms with Crippen molar-refractivity contribution < 1.29 is 10.2 Å². The number of unbranched alkanes of at least 4 members (excludes halogenated alkanes) is 1. The van der Waals surface area contributed by atoms with E-state index in [0.717, 1.165) is 32.2 Å². The van der Waals surface area contributed by atoms with Crippen LogP contribution in [0.5, 0.6) is 0 Å². The molecule has 0 radical (unpaired) electrons. The number of rotatable bonds is 6. The highest BCUT2D eigenvalue weighted by molar-refractivity contribution is 4.80. The van der Waals surface area contributed by atoms with Crippen molar-refractivity contribution in [3.8, 4) is 0 Å². The molecule has 0 heterocycles. The molecule has 1 fully saturated rings. The second-order valence-electron chi connectivity index (χ2n) is 4.65. The molecule has 0 unspecified atom stereocenters. The van der Waals surface area contributed by atoms with Crippen LogP contribution in [-0.4, -0.2) is 29.1 Å². The molecule has 3 nitrogen and oxygen atoms in total. The van der Waals surface area contributed by atoms with Crippen molar-refractivity contribution in [3.63, 3.8) is 0 Å². The molecule has 0 bridgehead atoms. The maximum Gasteiger partial charge on any atom is 0.167 e. The Morgan fingerprint density at radius 3 is 2.40 bits per heavy atom. The van der Waals surface area contributed by atoms with E-state index in [4.69, 9.17) is 0 Å². The molecule has 3 heteroatoms. The summed E-state index contributed by atoms with van der Waals surface area (Å²) in [5.41, 5.74) is 0. The Hall–Kier alpha value is -0.120. The molecule has 1 saturated carbocycles. The monoisotopic (exact) mass is 215 g/mol. The Labute approximate surface area is 92.9 Å². The predicted molar refractivity (Wildman–Crippen MR) is 61.5 cm³/mol. The molecule has 0 spiro atoms. The van der Waals surface area contributed by atoms with Gasteiger partial charge in [-0.1, -0.05) is 32.6 Å². The fourth-order valence-electron chi connectivity index (χ4n) is 2.45. The van der Waals surface area contributed by atoms with Gasteiger partial charge in [-0.15, -0.1) is 0 Å². The minimum absolute atomic E-state index is 0.114. The minimum Gasteiger partial charge on any atom is -0.367 e. The number of aliphatic hydroxyl groups is 2. The maximum atomic E-state index is 9.36. The van der Waals surface area contributed by atoms with E-state index in [2.05, 4.69) is 12.2 Å². The van der Waals surface area contributed by atoms with Gasteiger partial charge in [-0.05, 0) is 31.7 Å². The molecule has 0 aromatic heterocycles. The number of nitrogens with one attached hydrogen (secondary N) is 1. The van der Waals surface area contributed by atoms with Crippen LogP contribution in [0.25, 0.3) is 0 Å². The van der Waals surface area contributed by atoms with Crippen LogP contribution >= 0.6 is 0 Å². The van der Waals surface area contributed by atoms with Gasteiger partial charge in [0.1, 0.15) is 0 Å². The van der Waals surface area contributed by atoms with Crippen LogP contribution < -0.4 is 5.32 Å². The van der Waals surface area contributed by atoms with Gasteiger partial charge >= 0.3 is 0 Å². The molecular formula is C12H25NO2. The first-order valence-electron chi connectivity index (χ1n) is 6.35. The number of hydrogen-bond acceptors (Lipinski definition) is 3. The van der Waals surface area contributed by atoms with Crippen molar-refractivity contribution in [3.05, 3.63) is 0 Å². The Kier molecular flexibility index (Phi) is 6.22. The van der Waals surface area contributed by atoms with E-state index in [1.807, 2.05) is 0 Å². The Balaban J connectivity index is 2.34. The molecular weight excluding hydrogens is 190 g/mol. The lowest BCUT2D eigenvalue weighted by atomic mass is 9.83. The Bertz CT molecular complexity index is 156. The first-order valence-corrected chi connectivity index (χ1v) is 6.35. The van der Waals surface area contributed by atoms with Crippen LogP contribution in [0, 0.1) is 5.92 Å². The third-order valence-electron chi connectivity index (χ3n) is 3.39. The number of aliphatic hydroxyl groups excluding tert-OH is 1. The average Bonchev–Trinajstić information content (AvgIpc) is 2.25. The average molecular weight is 215 g/mol. The lowest BCUT2D eigenvalue weighted by Gasteiger charge is -2.32. The van der Waals surface area contributed by atoms with Crippen LogP contribution in [-0.2, 0) is 0 Å². The van der Waals surface area contributed by atoms with Crippen LogP contribution in [0.2, 0.25) is 0 Å².